The number of benzene rings is 1. The Labute approximate surface area is 81.8 Å². The Hall–Kier alpha value is -0.0500. The fraction of sp³-hybridized carbons (Fsp3) is 0.455. The van der Waals surface area contributed by atoms with Crippen molar-refractivity contribution >= 4 is 19.8 Å². The summed E-state index contributed by atoms with van der Waals surface area (Å²) in [5, 5.41) is 0. The van der Waals surface area contributed by atoms with Crippen molar-refractivity contribution in [1.29, 1.82) is 0 Å². The van der Waals surface area contributed by atoms with Gasteiger partial charge in [0.15, 0.2) is 0 Å². The molecule has 0 amide bonds. The van der Waals surface area contributed by atoms with Crippen molar-refractivity contribution in [2.75, 3.05) is 8.86 Å². The molecule has 0 nitrogen and oxygen atoms in total. The molecule has 0 spiro atoms. The van der Waals surface area contributed by atoms with Crippen LogP contribution in [0.5, 0.6) is 0 Å². The Morgan fingerprint density at radius 1 is 1.08 bits per heavy atom. The van der Waals surface area contributed by atoms with Crippen molar-refractivity contribution in [2.24, 2.45) is 0 Å². The molecule has 0 radical (unpaired) electrons. The zero-order valence-corrected chi connectivity index (χ0v) is 9.67. The van der Waals surface area contributed by atoms with Crippen LogP contribution in [-0.4, -0.2) is 8.86 Å². The number of rotatable bonds is 3. The van der Waals surface area contributed by atoms with Crippen LogP contribution in [0.15, 0.2) is 24.3 Å². The molecule has 12 heavy (non-hydrogen) atoms. The third-order valence-electron chi connectivity index (χ3n) is 2.23. The Morgan fingerprint density at radius 3 is 2.17 bits per heavy atom. The summed E-state index contributed by atoms with van der Waals surface area (Å²) in [6.07, 6.45) is 1.17. The predicted molar refractivity (Wildman–Crippen MR) is 63.3 cm³/mol. The van der Waals surface area contributed by atoms with Gasteiger partial charge < -0.3 is 0 Å². The molecule has 0 aromatic heterocycles. The quantitative estimate of drug-likeness (QED) is 0.586. The Morgan fingerprint density at radius 2 is 1.67 bits per heavy atom. The van der Waals surface area contributed by atoms with E-state index < -0.39 is 0 Å². The third kappa shape index (κ3) is 2.22. The normalized spacial score (nSPS) is 17.9. The first-order valence-electron chi connectivity index (χ1n) is 4.54. The van der Waals surface area contributed by atoms with Gasteiger partial charge in [-0.15, -0.1) is 0 Å². The number of alkyl halides is 3. The van der Waals surface area contributed by atoms with Crippen LogP contribution < -0.4 is 0 Å². The maximum atomic E-state index is 2.33. The molecule has 0 atom stereocenters. The van der Waals surface area contributed by atoms with Gasteiger partial charge in [-0.3, -0.25) is 0 Å². The van der Waals surface area contributed by atoms with Crippen LogP contribution in [0.3, 0.4) is 0 Å². The molecule has 66 valence electrons. The summed E-state index contributed by atoms with van der Waals surface area (Å²) >= 11 is -0.323. The summed E-state index contributed by atoms with van der Waals surface area (Å²) in [6, 6.07) is 9.23. The second-order valence-electron chi connectivity index (χ2n) is 3.25. The van der Waals surface area contributed by atoms with E-state index in [1.165, 1.54) is 16.4 Å². The first-order chi connectivity index (χ1) is 5.88. The minimum absolute atomic E-state index is 0.323. The van der Waals surface area contributed by atoms with Gasteiger partial charge in [0.2, 0.25) is 0 Å². The predicted octanol–water partition coefficient (Wildman–Crippen LogP) is 3.27. The van der Waals surface area contributed by atoms with E-state index in [0.717, 1.165) is 0 Å². The minimum atomic E-state index is -0.323. The summed E-state index contributed by atoms with van der Waals surface area (Å²) in [6.45, 7) is 2.21. The molecule has 0 unspecified atom stereocenters. The van der Waals surface area contributed by atoms with Crippen molar-refractivity contribution in [3.8, 4) is 0 Å². The third-order valence-corrected chi connectivity index (χ3v) is 6.79. The van der Waals surface area contributed by atoms with Crippen molar-refractivity contribution in [2.45, 2.75) is 17.8 Å². The Kier molecular flexibility index (Phi) is 2.69. The SMILES string of the molecule is CCc1ccc(CI2CC2)cc1. The van der Waals surface area contributed by atoms with Gasteiger partial charge >= 0.3 is 81.8 Å². The van der Waals surface area contributed by atoms with Crippen LogP contribution in [0.1, 0.15) is 18.1 Å². The molecule has 1 aliphatic rings. The van der Waals surface area contributed by atoms with E-state index in [9.17, 15) is 0 Å². The summed E-state index contributed by atoms with van der Waals surface area (Å²) < 4.78 is 4.69. The van der Waals surface area contributed by atoms with E-state index in [1.807, 2.05) is 0 Å². The van der Waals surface area contributed by atoms with Crippen molar-refractivity contribution in [3.05, 3.63) is 35.4 Å². The topological polar surface area (TPSA) is 0 Å². The van der Waals surface area contributed by atoms with E-state index in [-0.39, 0.29) is 19.8 Å². The van der Waals surface area contributed by atoms with Crippen molar-refractivity contribution < 1.29 is 0 Å². The molecular weight excluding hydrogens is 259 g/mol. The molecule has 0 bridgehead atoms. The monoisotopic (exact) mass is 274 g/mol. The van der Waals surface area contributed by atoms with E-state index in [4.69, 9.17) is 0 Å². The molecular formula is C11H15I. The summed E-state index contributed by atoms with van der Waals surface area (Å²) in [5.41, 5.74) is 3.06. The molecule has 1 fully saturated rings. The van der Waals surface area contributed by atoms with Gasteiger partial charge in [0.25, 0.3) is 0 Å². The number of hydrogen-bond acceptors (Lipinski definition) is 0. The van der Waals surface area contributed by atoms with Crippen LogP contribution in [0.4, 0.5) is 0 Å². The number of halogens is 1. The fourth-order valence-electron chi connectivity index (χ4n) is 1.27. The summed E-state index contributed by atoms with van der Waals surface area (Å²) in [7, 11) is 0. The molecule has 1 heterocycles. The van der Waals surface area contributed by atoms with Crippen LogP contribution in [0.2, 0.25) is 0 Å². The Balaban J connectivity index is 2.02. The standard InChI is InChI=1S/C11H15I/c1-2-10-3-5-11(6-4-10)9-12-7-8-12/h3-6H,2,7-9H2,1H3. The average Bonchev–Trinajstić information content (AvgIpc) is 2.90. The van der Waals surface area contributed by atoms with Gasteiger partial charge in [0.1, 0.15) is 0 Å². The second kappa shape index (κ2) is 3.77. The molecule has 1 heteroatoms. The molecule has 0 saturated carbocycles. The van der Waals surface area contributed by atoms with E-state index in [0.29, 0.717) is 0 Å². The molecule has 1 saturated heterocycles. The molecule has 1 aromatic carbocycles. The van der Waals surface area contributed by atoms with Gasteiger partial charge in [-0.2, -0.15) is 0 Å². The maximum absolute atomic E-state index is 2.33. The first kappa shape index (κ1) is 8.54. The van der Waals surface area contributed by atoms with Crippen LogP contribution in [-0.2, 0) is 10.8 Å². The zero-order valence-electron chi connectivity index (χ0n) is 7.52. The van der Waals surface area contributed by atoms with Gasteiger partial charge in [-0.25, -0.2) is 0 Å². The second-order valence-corrected chi connectivity index (χ2v) is 9.41. The van der Waals surface area contributed by atoms with Gasteiger partial charge in [0, 0.05) is 0 Å². The van der Waals surface area contributed by atoms with Gasteiger partial charge in [-0.05, 0) is 0 Å². The van der Waals surface area contributed by atoms with Gasteiger partial charge in [-0.1, -0.05) is 0 Å². The van der Waals surface area contributed by atoms with Crippen LogP contribution in [0.25, 0.3) is 0 Å². The molecule has 0 N–H and O–H groups in total. The summed E-state index contributed by atoms with van der Waals surface area (Å²) in [5.74, 6) is 0. The van der Waals surface area contributed by atoms with Crippen molar-refractivity contribution in [3.63, 3.8) is 0 Å². The van der Waals surface area contributed by atoms with Gasteiger partial charge in [0.05, 0.1) is 0 Å². The summed E-state index contributed by atoms with van der Waals surface area (Å²) in [4.78, 5) is 0. The average molecular weight is 274 g/mol. The van der Waals surface area contributed by atoms with E-state index in [2.05, 4.69) is 31.2 Å². The number of hydrogen-bond donors (Lipinski definition) is 0. The van der Waals surface area contributed by atoms with Crippen molar-refractivity contribution in [1.82, 2.24) is 0 Å². The number of aryl methyl sites for hydroxylation is 1. The molecule has 2 rings (SSSR count). The first-order valence-corrected chi connectivity index (χ1v) is 9.11. The molecule has 1 aliphatic heterocycles. The molecule has 1 aromatic rings. The van der Waals surface area contributed by atoms with E-state index >= 15 is 0 Å². The van der Waals surface area contributed by atoms with Crippen LogP contribution >= 0.6 is 19.8 Å². The Bertz CT molecular complexity index is 246. The van der Waals surface area contributed by atoms with Crippen LogP contribution in [0, 0.1) is 0 Å². The van der Waals surface area contributed by atoms with E-state index in [1.54, 1.807) is 14.4 Å². The molecule has 0 aliphatic carbocycles. The zero-order chi connectivity index (χ0) is 8.39. The fourth-order valence-corrected chi connectivity index (χ4v) is 6.01.